The van der Waals surface area contributed by atoms with Gasteiger partial charge in [0.2, 0.25) is 34.8 Å². The lowest BCUT2D eigenvalue weighted by atomic mass is 10.1. The first kappa shape index (κ1) is 16.7. The molecule has 0 saturated heterocycles. The van der Waals surface area contributed by atoms with Crippen molar-refractivity contribution in [1.29, 1.82) is 0 Å². The second kappa shape index (κ2) is 6.64. The van der Waals surface area contributed by atoms with E-state index in [1.807, 2.05) is 0 Å². The van der Waals surface area contributed by atoms with E-state index < -0.39 is 40.8 Å². The van der Waals surface area contributed by atoms with Gasteiger partial charge in [0.15, 0.2) is 0 Å². The maximum Gasteiger partial charge on any atom is 0.311 e. The molecular formula is C15H9F5O3. The molecule has 0 fully saturated rings. The SMILES string of the molecule is O=C(CCc1ccc(O)cc1)Oc1c(F)c(F)c(F)c(F)c1F. The predicted molar refractivity (Wildman–Crippen MR) is 68.3 cm³/mol. The van der Waals surface area contributed by atoms with Crippen LogP contribution in [0.25, 0.3) is 0 Å². The zero-order chi connectivity index (χ0) is 17.1. The summed E-state index contributed by atoms with van der Waals surface area (Å²) in [4.78, 5) is 11.5. The van der Waals surface area contributed by atoms with Crippen molar-refractivity contribution in [2.24, 2.45) is 0 Å². The number of carbonyl (C=O) groups excluding carboxylic acids is 1. The molecule has 0 amide bonds. The number of ether oxygens (including phenoxy) is 1. The van der Waals surface area contributed by atoms with Gasteiger partial charge in [-0.2, -0.15) is 8.78 Å². The van der Waals surface area contributed by atoms with Crippen LogP contribution in [0.2, 0.25) is 0 Å². The molecule has 2 aromatic rings. The summed E-state index contributed by atoms with van der Waals surface area (Å²) in [5.41, 5.74) is 0.608. The third-order valence-electron chi connectivity index (χ3n) is 2.94. The van der Waals surface area contributed by atoms with Crippen LogP contribution < -0.4 is 4.74 Å². The van der Waals surface area contributed by atoms with Crippen LogP contribution in [0.3, 0.4) is 0 Å². The molecule has 0 heterocycles. The van der Waals surface area contributed by atoms with Crippen molar-refractivity contribution in [2.45, 2.75) is 12.8 Å². The van der Waals surface area contributed by atoms with Crippen LogP contribution in [-0.4, -0.2) is 11.1 Å². The number of benzene rings is 2. The Morgan fingerprint density at radius 2 is 1.35 bits per heavy atom. The number of phenolic OH excluding ortho intramolecular Hbond substituents is 1. The average Bonchev–Trinajstić information content (AvgIpc) is 2.54. The predicted octanol–water partition coefficient (Wildman–Crippen LogP) is 3.63. The molecule has 0 atom stereocenters. The Kier molecular flexibility index (Phi) is 4.83. The number of aryl methyl sites for hydroxylation is 1. The van der Waals surface area contributed by atoms with Crippen molar-refractivity contribution in [1.82, 2.24) is 0 Å². The number of aromatic hydroxyl groups is 1. The summed E-state index contributed by atoms with van der Waals surface area (Å²) in [6, 6.07) is 5.73. The Morgan fingerprint density at radius 3 is 1.87 bits per heavy atom. The van der Waals surface area contributed by atoms with Gasteiger partial charge in [0.05, 0.1) is 0 Å². The molecular weight excluding hydrogens is 323 g/mol. The first-order chi connectivity index (χ1) is 10.8. The zero-order valence-electron chi connectivity index (χ0n) is 11.4. The van der Waals surface area contributed by atoms with Gasteiger partial charge < -0.3 is 9.84 Å². The van der Waals surface area contributed by atoms with Crippen molar-refractivity contribution >= 4 is 5.97 Å². The third kappa shape index (κ3) is 3.58. The smallest absolute Gasteiger partial charge is 0.311 e. The number of hydrogen-bond acceptors (Lipinski definition) is 3. The van der Waals surface area contributed by atoms with Crippen LogP contribution in [0.15, 0.2) is 24.3 Å². The fourth-order valence-corrected chi connectivity index (χ4v) is 1.75. The molecule has 0 saturated carbocycles. The summed E-state index contributed by atoms with van der Waals surface area (Å²) in [5, 5.41) is 9.09. The number of carbonyl (C=O) groups is 1. The molecule has 0 bridgehead atoms. The minimum atomic E-state index is -2.33. The fraction of sp³-hybridized carbons (Fsp3) is 0.133. The topological polar surface area (TPSA) is 46.5 Å². The summed E-state index contributed by atoms with van der Waals surface area (Å²) in [5.74, 6) is -13.9. The normalized spacial score (nSPS) is 10.7. The van der Waals surface area contributed by atoms with Gasteiger partial charge in [0.1, 0.15) is 5.75 Å². The summed E-state index contributed by atoms with van der Waals surface area (Å²) in [7, 11) is 0. The first-order valence-electron chi connectivity index (χ1n) is 6.31. The highest BCUT2D eigenvalue weighted by Crippen LogP contribution is 2.29. The third-order valence-corrected chi connectivity index (χ3v) is 2.94. The van der Waals surface area contributed by atoms with Crippen LogP contribution in [0, 0.1) is 29.1 Å². The zero-order valence-corrected chi connectivity index (χ0v) is 11.4. The van der Waals surface area contributed by atoms with Crippen molar-refractivity contribution in [3.63, 3.8) is 0 Å². The van der Waals surface area contributed by atoms with Gasteiger partial charge in [-0.15, -0.1) is 0 Å². The molecule has 23 heavy (non-hydrogen) atoms. The molecule has 0 aliphatic carbocycles. The van der Waals surface area contributed by atoms with Crippen LogP contribution in [0.5, 0.6) is 11.5 Å². The number of phenols is 1. The number of hydrogen-bond donors (Lipinski definition) is 1. The number of rotatable bonds is 4. The summed E-state index contributed by atoms with van der Waals surface area (Å²) < 4.78 is 69.7. The largest absolute Gasteiger partial charge is 0.508 e. The number of halogens is 5. The summed E-state index contributed by atoms with van der Waals surface area (Å²) in [6.45, 7) is 0. The molecule has 1 N–H and O–H groups in total. The highest BCUT2D eigenvalue weighted by Gasteiger charge is 2.28. The molecule has 2 aromatic carbocycles. The van der Waals surface area contributed by atoms with Crippen LogP contribution >= 0.6 is 0 Å². The maximum atomic E-state index is 13.3. The fourth-order valence-electron chi connectivity index (χ4n) is 1.75. The van der Waals surface area contributed by atoms with Gasteiger partial charge in [-0.3, -0.25) is 4.79 Å². The van der Waals surface area contributed by atoms with Crippen LogP contribution in [-0.2, 0) is 11.2 Å². The van der Waals surface area contributed by atoms with E-state index in [4.69, 9.17) is 5.11 Å². The number of esters is 1. The Morgan fingerprint density at radius 1 is 0.870 bits per heavy atom. The summed E-state index contributed by atoms with van der Waals surface area (Å²) >= 11 is 0. The average molecular weight is 332 g/mol. The minimum Gasteiger partial charge on any atom is -0.508 e. The van der Waals surface area contributed by atoms with E-state index in [-0.39, 0.29) is 18.6 Å². The molecule has 3 nitrogen and oxygen atoms in total. The Labute approximate surface area is 126 Å². The van der Waals surface area contributed by atoms with Gasteiger partial charge in [-0.25, -0.2) is 13.2 Å². The van der Waals surface area contributed by atoms with Crippen LogP contribution in [0.4, 0.5) is 22.0 Å². The molecule has 0 aliphatic rings. The van der Waals surface area contributed by atoms with Crippen LogP contribution in [0.1, 0.15) is 12.0 Å². The minimum absolute atomic E-state index is 0.0118. The molecule has 2 rings (SSSR count). The Balaban J connectivity index is 2.10. The van der Waals surface area contributed by atoms with Gasteiger partial charge in [-0.1, -0.05) is 12.1 Å². The van der Waals surface area contributed by atoms with E-state index in [1.165, 1.54) is 24.3 Å². The monoisotopic (exact) mass is 332 g/mol. The van der Waals surface area contributed by atoms with Gasteiger partial charge in [-0.05, 0) is 24.1 Å². The first-order valence-corrected chi connectivity index (χ1v) is 6.31. The molecule has 0 spiro atoms. The Bertz CT molecular complexity index is 715. The van der Waals surface area contributed by atoms with Gasteiger partial charge in [0.25, 0.3) is 0 Å². The second-order valence-electron chi connectivity index (χ2n) is 4.54. The second-order valence-corrected chi connectivity index (χ2v) is 4.54. The highest BCUT2D eigenvalue weighted by molar-refractivity contribution is 5.72. The van der Waals surface area contributed by atoms with Crippen molar-refractivity contribution in [2.75, 3.05) is 0 Å². The molecule has 122 valence electrons. The quantitative estimate of drug-likeness (QED) is 0.306. The maximum absolute atomic E-state index is 13.3. The molecule has 0 radical (unpaired) electrons. The molecule has 0 unspecified atom stereocenters. The Hall–Kier alpha value is -2.64. The molecule has 8 heteroatoms. The van der Waals surface area contributed by atoms with E-state index in [1.54, 1.807) is 0 Å². The van der Waals surface area contributed by atoms with Gasteiger partial charge in [0, 0.05) is 6.42 Å². The van der Waals surface area contributed by atoms with E-state index in [0.717, 1.165) is 0 Å². The van der Waals surface area contributed by atoms with Crippen molar-refractivity contribution in [3.8, 4) is 11.5 Å². The van der Waals surface area contributed by atoms with E-state index >= 15 is 0 Å². The standard InChI is InChI=1S/C15H9F5O3/c16-10-11(17)13(19)15(14(20)12(10)18)23-9(22)6-3-7-1-4-8(21)5-2-7/h1-2,4-5,21H,3,6H2. The van der Waals surface area contributed by atoms with Gasteiger partial charge >= 0.3 is 5.97 Å². The van der Waals surface area contributed by atoms with Crippen molar-refractivity contribution in [3.05, 3.63) is 58.9 Å². The lowest BCUT2D eigenvalue weighted by molar-refractivity contribution is -0.134. The summed E-state index contributed by atoms with van der Waals surface area (Å²) in [6.07, 6.45) is -0.265. The van der Waals surface area contributed by atoms with E-state index in [2.05, 4.69) is 4.74 Å². The van der Waals surface area contributed by atoms with E-state index in [0.29, 0.717) is 5.56 Å². The molecule has 0 aromatic heterocycles. The van der Waals surface area contributed by atoms with E-state index in [9.17, 15) is 26.7 Å². The van der Waals surface area contributed by atoms with Crippen molar-refractivity contribution < 1.29 is 36.6 Å². The molecule has 0 aliphatic heterocycles. The lowest BCUT2D eigenvalue weighted by Crippen LogP contribution is -2.14. The lowest BCUT2D eigenvalue weighted by Gasteiger charge is -2.09. The highest BCUT2D eigenvalue weighted by atomic mass is 19.2.